The average Bonchev–Trinajstić information content (AvgIpc) is 3.32. The first kappa shape index (κ1) is 20.2. The first-order valence-electron chi connectivity index (χ1n) is 9.17. The molecule has 8 nitrogen and oxygen atoms in total. The zero-order valence-corrected chi connectivity index (χ0v) is 16.2. The summed E-state index contributed by atoms with van der Waals surface area (Å²) in [7, 11) is 0. The van der Waals surface area contributed by atoms with Gasteiger partial charge in [-0.1, -0.05) is 18.2 Å². The van der Waals surface area contributed by atoms with Crippen molar-refractivity contribution >= 4 is 41.3 Å². The number of carboxylic acids is 1. The molecule has 2 aromatic rings. The normalized spacial score (nSPS) is 18.8. The predicted octanol–water partition coefficient (Wildman–Crippen LogP) is 0.528. The molecule has 3 atom stereocenters. The highest BCUT2D eigenvalue weighted by Crippen LogP contribution is 2.22. The van der Waals surface area contributed by atoms with Gasteiger partial charge in [0.15, 0.2) is 0 Å². The second-order valence-electron chi connectivity index (χ2n) is 6.94. The van der Waals surface area contributed by atoms with E-state index < -0.39 is 30.0 Å². The molecular formula is C19H24N4O4S. The molecule has 0 radical (unpaired) electrons. The van der Waals surface area contributed by atoms with Gasteiger partial charge in [-0.25, -0.2) is 4.79 Å². The number of aromatic nitrogens is 1. The third-order valence-electron chi connectivity index (χ3n) is 5.07. The number of fused-ring (bicyclic) bond motifs is 1. The van der Waals surface area contributed by atoms with Crippen molar-refractivity contribution in [2.24, 2.45) is 5.73 Å². The van der Waals surface area contributed by atoms with Crippen LogP contribution < -0.4 is 11.1 Å². The van der Waals surface area contributed by atoms with Crippen molar-refractivity contribution < 1.29 is 19.5 Å². The van der Waals surface area contributed by atoms with Crippen molar-refractivity contribution in [3.8, 4) is 0 Å². The Morgan fingerprint density at radius 1 is 1.36 bits per heavy atom. The lowest BCUT2D eigenvalue weighted by Crippen LogP contribution is -2.54. The summed E-state index contributed by atoms with van der Waals surface area (Å²) in [6, 6.07) is 5.19. The van der Waals surface area contributed by atoms with E-state index in [1.807, 2.05) is 30.5 Å². The minimum atomic E-state index is -1.16. The number of nitrogens with zero attached hydrogens (tertiary/aromatic N) is 1. The molecule has 150 valence electrons. The number of hydrogen-bond donors (Lipinski definition) is 5. The van der Waals surface area contributed by atoms with Gasteiger partial charge in [0, 0.05) is 29.4 Å². The van der Waals surface area contributed by atoms with Crippen molar-refractivity contribution in [3.63, 3.8) is 0 Å². The Balaban J connectivity index is 1.68. The molecule has 2 heterocycles. The third-order valence-corrected chi connectivity index (χ3v) is 5.43. The van der Waals surface area contributed by atoms with Gasteiger partial charge in [-0.15, -0.1) is 0 Å². The van der Waals surface area contributed by atoms with E-state index in [9.17, 15) is 14.4 Å². The molecule has 5 N–H and O–H groups in total. The van der Waals surface area contributed by atoms with E-state index in [2.05, 4.69) is 22.9 Å². The first-order chi connectivity index (χ1) is 13.4. The Morgan fingerprint density at radius 3 is 2.82 bits per heavy atom. The number of aliphatic carboxylic acids is 1. The molecule has 0 saturated carbocycles. The molecule has 2 amide bonds. The van der Waals surface area contributed by atoms with Crippen LogP contribution in [-0.2, 0) is 20.8 Å². The van der Waals surface area contributed by atoms with Crippen LogP contribution in [0, 0.1) is 0 Å². The second kappa shape index (κ2) is 8.66. The van der Waals surface area contributed by atoms with Gasteiger partial charge in [-0.3, -0.25) is 9.59 Å². The van der Waals surface area contributed by atoms with Crippen LogP contribution in [0.2, 0.25) is 0 Å². The number of carbonyl (C=O) groups is 3. The fourth-order valence-electron chi connectivity index (χ4n) is 3.59. The number of benzene rings is 1. The molecule has 0 bridgehead atoms. The number of H-pyrrole nitrogens is 1. The van der Waals surface area contributed by atoms with E-state index in [4.69, 9.17) is 10.8 Å². The first-order valence-corrected chi connectivity index (χ1v) is 9.80. The van der Waals surface area contributed by atoms with Crippen molar-refractivity contribution in [2.45, 2.75) is 37.4 Å². The third kappa shape index (κ3) is 4.15. The summed E-state index contributed by atoms with van der Waals surface area (Å²) in [5.74, 6) is -1.97. The van der Waals surface area contributed by atoms with Crippen LogP contribution in [-0.4, -0.2) is 63.2 Å². The summed E-state index contributed by atoms with van der Waals surface area (Å²) in [6.07, 6.45) is 3.34. The molecule has 3 unspecified atom stereocenters. The molecule has 28 heavy (non-hydrogen) atoms. The van der Waals surface area contributed by atoms with Crippen molar-refractivity contribution in [3.05, 3.63) is 36.0 Å². The molecule has 0 aliphatic carbocycles. The molecule has 1 aliphatic heterocycles. The number of nitrogens with two attached hydrogens (primary N) is 1. The molecule has 1 fully saturated rings. The maximum Gasteiger partial charge on any atom is 0.327 e. The lowest BCUT2D eigenvalue weighted by Gasteiger charge is -2.27. The summed E-state index contributed by atoms with van der Waals surface area (Å²) < 4.78 is 0. The molecular weight excluding hydrogens is 380 g/mol. The highest BCUT2D eigenvalue weighted by Gasteiger charge is 2.37. The van der Waals surface area contributed by atoms with Gasteiger partial charge in [-0.2, -0.15) is 12.6 Å². The zero-order valence-electron chi connectivity index (χ0n) is 15.3. The van der Waals surface area contributed by atoms with E-state index in [0.717, 1.165) is 16.5 Å². The zero-order chi connectivity index (χ0) is 20.3. The number of hydrogen-bond acceptors (Lipinski definition) is 5. The van der Waals surface area contributed by atoms with Gasteiger partial charge < -0.3 is 26.0 Å². The van der Waals surface area contributed by atoms with Crippen molar-refractivity contribution in [1.82, 2.24) is 15.2 Å². The monoisotopic (exact) mass is 404 g/mol. The lowest BCUT2D eigenvalue weighted by molar-refractivity contribution is -0.143. The number of rotatable bonds is 7. The molecule has 9 heteroatoms. The maximum absolute atomic E-state index is 12.9. The minimum absolute atomic E-state index is 0.0260. The van der Waals surface area contributed by atoms with Gasteiger partial charge in [0.1, 0.15) is 12.1 Å². The van der Waals surface area contributed by atoms with Gasteiger partial charge in [0.05, 0.1) is 6.04 Å². The Morgan fingerprint density at radius 2 is 2.11 bits per heavy atom. The van der Waals surface area contributed by atoms with Crippen molar-refractivity contribution in [2.75, 3.05) is 12.3 Å². The maximum atomic E-state index is 12.9. The van der Waals surface area contributed by atoms with Crippen LogP contribution in [0.3, 0.4) is 0 Å². The minimum Gasteiger partial charge on any atom is -0.480 e. The summed E-state index contributed by atoms with van der Waals surface area (Å²) in [5, 5.41) is 12.6. The molecule has 3 rings (SSSR count). The van der Waals surface area contributed by atoms with E-state index in [0.29, 0.717) is 25.8 Å². The Kier molecular flexibility index (Phi) is 6.25. The standard InChI is InChI=1S/C19H24N4O4S/c20-13(8-11-9-21-14-5-2-1-4-12(11)14)18(25)23-7-3-6-16(23)17(24)22-15(10-28)19(26)27/h1-2,4-5,9,13,15-16,21,28H,3,6-8,10,20H2,(H,22,24)(H,26,27). The van der Waals surface area contributed by atoms with E-state index >= 15 is 0 Å². The Labute approximate surface area is 167 Å². The fourth-order valence-corrected chi connectivity index (χ4v) is 3.84. The quantitative estimate of drug-likeness (QED) is 0.430. The number of carbonyl (C=O) groups excluding carboxylic acids is 2. The second-order valence-corrected chi connectivity index (χ2v) is 7.31. The molecule has 0 spiro atoms. The van der Waals surface area contributed by atoms with Crippen LogP contribution in [0.5, 0.6) is 0 Å². The van der Waals surface area contributed by atoms with Gasteiger partial charge in [0.2, 0.25) is 11.8 Å². The lowest BCUT2D eigenvalue weighted by atomic mass is 10.0. The van der Waals surface area contributed by atoms with Crippen LogP contribution >= 0.6 is 12.6 Å². The molecule has 1 aliphatic rings. The number of carboxylic acid groups (broad SMARTS) is 1. The number of para-hydroxylation sites is 1. The Bertz CT molecular complexity index is 884. The Hall–Kier alpha value is -2.52. The van der Waals surface area contributed by atoms with E-state index in [-0.39, 0.29) is 11.7 Å². The smallest absolute Gasteiger partial charge is 0.327 e. The predicted molar refractivity (Wildman–Crippen MR) is 108 cm³/mol. The number of thiol groups is 1. The van der Waals surface area contributed by atoms with Crippen LogP contribution in [0.15, 0.2) is 30.5 Å². The highest BCUT2D eigenvalue weighted by molar-refractivity contribution is 7.80. The summed E-state index contributed by atoms with van der Waals surface area (Å²) in [4.78, 5) is 41.1. The number of amides is 2. The van der Waals surface area contributed by atoms with Crippen LogP contribution in [0.4, 0.5) is 0 Å². The topological polar surface area (TPSA) is 129 Å². The highest BCUT2D eigenvalue weighted by atomic mass is 32.1. The van der Waals surface area contributed by atoms with Gasteiger partial charge >= 0.3 is 5.97 Å². The SMILES string of the molecule is NC(Cc1c[nH]c2ccccc12)C(=O)N1CCCC1C(=O)NC(CS)C(=O)O. The number of aromatic amines is 1. The van der Waals surface area contributed by atoms with E-state index in [1.54, 1.807) is 0 Å². The van der Waals surface area contributed by atoms with Crippen LogP contribution in [0.1, 0.15) is 18.4 Å². The summed E-state index contributed by atoms with van der Waals surface area (Å²) >= 11 is 3.95. The number of nitrogens with one attached hydrogen (secondary N) is 2. The number of likely N-dealkylation sites (tertiary alicyclic amines) is 1. The van der Waals surface area contributed by atoms with E-state index in [1.165, 1.54) is 4.90 Å². The van der Waals surface area contributed by atoms with Crippen LogP contribution in [0.25, 0.3) is 10.9 Å². The largest absolute Gasteiger partial charge is 0.480 e. The fraction of sp³-hybridized carbons (Fsp3) is 0.421. The van der Waals surface area contributed by atoms with Gasteiger partial charge in [0.25, 0.3) is 0 Å². The molecule has 1 aromatic heterocycles. The molecule has 1 aromatic carbocycles. The van der Waals surface area contributed by atoms with Gasteiger partial charge in [-0.05, 0) is 30.9 Å². The summed E-state index contributed by atoms with van der Waals surface area (Å²) in [6.45, 7) is 0.428. The van der Waals surface area contributed by atoms with Crippen molar-refractivity contribution in [1.29, 1.82) is 0 Å². The molecule has 1 saturated heterocycles. The average molecular weight is 404 g/mol. The summed E-state index contributed by atoms with van der Waals surface area (Å²) in [5.41, 5.74) is 8.09.